The zero-order chi connectivity index (χ0) is 14.5. The smallest absolute Gasteiger partial charge is 0.183 e. The molecule has 2 aromatic heterocycles. The predicted octanol–water partition coefficient (Wildman–Crippen LogP) is 2.79. The van der Waals surface area contributed by atoms with Crippen molar-refractivity contribution < 1.29 is 5.11 Å². The molecule has 2 heterocycles. The monoisotopic (exact) mass is 313 g/mol. The molecule has 2 rings (SSSR count). The third kappa shape index (κ3) is 4.28. The Balaban J connectivity index is 0.00000220. The van der Waals surface area contributed by atoms with E-state index in [0.29, 0.717) is 22.8 Å². The molecular weight excluding hydrogens is 290 g/mol. The highest BCUT2D eigenvalue weighted by molar-refractivity contribution is 5.85. The molecule has 0 aliphatic rings. The average molecular weight is 314 g/mol. The molecule has 0 bridgehead atoms. The van der Waals surface area contributed by atoms with Crippen LogP contribution in [0.15, 0.2) is 6.33 Å². The van der Waals surface area contributed by atoms with Crippen molar-refractivity contribution in [2.75, 3.05) is 5.73 Å². The number of imidazole rings is 1. The van der Waals surface area contributed by atoms with Crippen LogP contribution in [0.5, 0.6) is 0 Å². The number of aliphatic hydroxyl groups is 1. The molecule has 2 aromatic rings. The van der Waals surface area contributed by atoms with E-state index >= 15 is 0 Å². The van der Waals surface area contributed by atoms with Crippen LogP contribution in [-0.4, -0.2) is 31.1 Å². The summed E-state index contributed by atoms with van der Waals surface area (Å²) < 4.78 is 0. The predicted molar refractivity (Wildman–Crippen MR) is 86.5 cm³/mol. The highest BCUT2D eigenvalue weighted by atomic mass is 35.5. The van der Waals surface area contributed by atoms with Crippen LogP contribution in [0.2, 0.25) is 0 Å². The van der Waals surface area contributed by atoms with Gasteiger partial charge in [-0.1, -0.05) is 32.6 Å². The average Bonchev–Trinajstić information content (AvgIpc) is 2.87. The first-order chi connectivity index (χ1) is 9.63. The number of unbranched alkanes of at least 4 members (excludes halogenated alkanes) is 3. The summed E-state index contributed by atoms with van der Waals surface area (Å²) >= 11 is 0. The minimum atomic E-state index is -0.493. The number of hydrogen-bond donors (Lipinski definition) is 3. The Morgan fingerprint density at radius 2 is 2.05 bits per heavy atom. The quantitative estimate of drug-likeness (QED) is 0.682. The Morgan fingerprint density at radius 1 is 1.29 bits per heavy atom. The fraction of sp³-hybridized carbons (Fsp3) is 0.643. The molecular formula is C14H24ClN5O. The minimum absolute atomic E-state index is 0. The largest absolute Gasteiger partial charge is 0.393 e. The van der Waals surface area contributed by atoms with Gasteiger partial charge in [0.1, 0.15) is 11.3 Å². The SMILES string of the molecule is CCCCCCC(c1nc(N)c2[nH]cnc2n1)C(C)O.Cl. The van der Waals surface area contributed by atoms with Gasteiger partial charge >= 0.3 is 0 Å². The number of nitrogens with zero attached hydrogens (tertiary/aromatic N) is 3. The molecule has 0 radical (unpaired) electrons. The zero-order valence-electron chi connectivity index (χ0n) is 12.5. The van der Waals surface area contributed by atoms with Gasteiger partial charge in [0.05, 0.1) is 12.4 Å². The maximum atomic E-state index is 9.99. The minimum Gasteiger partial charge on any atom is -0.393 e. The van der Waals surface area contributed by atoms with Crippen LogP contribution >= 0.6 is 12.4 Å². The van der Waals surface area contributed by atoms with Crippen molar-refractivity contribution in [1.29, 1.82) is 0 Å². The van der Waals surface area contributed by atoms with Crippen molar-refractivity contribution in [3.63, 3.8) is 0 Å². The van der Waals surface area contributed by atoms with Gasteiger partial charge in [0.25, 0.3) is 0 Å². The van der Waals surface area contributed by atoms with Gasteiger partial charge in [0.15, 0.2) is 11.5 Å². The Kier molecular flexibility index (Phi) is 6.84. The molecule has 0 fully saturated rings. The summed E-state index contributed by atoms with van der Waals surface area (Å²) in [5.41, 5.74) is 7.13. The number of anilines is 1. The van der Waals surface area contributed by atoms with E-state index in [9.17, 15) is 5.11 Å². The lowest BCUT2D eigenvalue weighted by atomic mass is 9.95. The van der Waals surface area contributed by atoms with Crippen molar-refractivity contribution in [3.8, 4) is 0 Å². The van der Waals surface area contributed by atoms with Crippen molar-refractivity contribution in [3.05, 3.63) is 12.2 Å². The number of nitrogens with two attached hydrogens (primary N) is 1. The molecule has 0 spiro atoms. The highest BCUT2D eigenvalue weighted by Gasteiger charge is 2.21. The fourth-order valence-corrected chi connectivity index (χ4v) is 2.42. The maximum absolute atomic E-state index is 9.99. The molecule has 0 saturated carbocycles. The van der Waals surface area contributed by atoms with Crippen LogP contribution in [0.25, 0.3) is 11.2 Å². The van der Waals surface area contributed by atoms with Crippen LogP contribution in [0, 0.1) is 0 Å². The number of nitrogen functional groups attached to an aromatic ring is 1. The summed E-state index contributed by atoms with van der Waals surface area (Å²) in [5, 5.41) is 9.99. The fourth-order valence-electron chi connectivity index (χ4n) is 2.42. The van der Waals surface area contributed by atoms with Crippen LogP contribution < -0.4 is 5.73 Å². The van der Waals surface area contributed by atoms with Crippen molar-refractivity contribution in [1.82, 2.24) is 19.9 Å². The lowest BCUT2D eigenvalue weighted by molar-refractivity contribution is 0.152. The molecule has 0 aliphatic heterocycles. The molecule has 0 aromatic carbocycles. The number of halogens is 1. The van der Waals surface area contributed by atoms with Crippen molar-refractivity contribution in [2.24, 2.45) is 0 Å². The van der Waals surface area contributed by atoms with Crippen LogP contribution in [0.3, 0.4) is 0 Å². The van der Waals surface area contributed by atoms with Gasteiger partial charge in [-0.15, -0.1) is 12.4 Å². The summed E-state index contributed by atoms with van der Waals surface area (Å²) in [7, 11) is 0. The zero-order valence-corrected chi connectivity index (χ0v) is 13.4. The first kappa shape index (κ1) is 17.7. The molecule has 4 N–H and O–H groups in total. The molecule has 0 saturated heterocycles. The third-order valence-corrected chi connectivity index (χ3v) is 3.61. The second-order valence-corrected chi connectivity index (χ2v) is 5.26. The normalized spacial score (nSPS) is 13.9. The van der Waals surface area contributed by atoms with E-state index < -0.39 is 6.10 Å². The Labute approximate surface area is 131 Å². The Hall–Kier alpha value is -1.40. The topological polar surface area (TPSA) is 101 Å². The van der Waals surface area contributed by atoms with Crippen LogP contribution in [0.1, 0.15) is 57.7 Å². The van der Waals surface area contributed by atoms with Crippen LogP contribution in [-0.2, 0) is 0 Å². The molecule has 118 valence electrons. The van der Waals surface area contributed by atoms with E-state index in [1.54, 1.807) is 13.3 Å². The molecule has 2 unspecified atom stereocenters. The number of nitrogens with one attached hydrogen (secondary N) is 1. The Morgan fingerprint density at radius 3 is 2.71 bits per heavy atom. The lowest BCUT2D eigenvalue weighted by Gasteiger charge is -2.18. The van der Waals surface area contributed by atoms with E-state index in [1.165, 1.54) is 19.3 Å². The Bertz CT molecular complexity index is 557. The van der Waals surface area contributed by atoms with Gasteiger partial charge < -0.3 is 15.8 Å². The van der Waals surface area contributed by atoms with E-state index in [-0.39, 0.29) is 18.3 Å². The number of H-pyrrole nitrogens is 1. The van der Waals surface area contributed by atoms with Gasteiger partial charge in [0.2, 0.25) is 0 Å². The number of hydrogen-bond acceptors (Lipinski definition) is 5. The van der Waals surface area contributed by atoms with E-state index in [2.05, 4.69) is 26.9 Å². The summed E-state index contributed by atoms with van der Waals surface area (Å²) in [6.07, 6.45) is 6.57. The summed E-state index contributed by atoms with van der Waals surface area (Å²) in [6, 6.07) is 0. The lowest BCUT2D eigenvalue weighted by Crippen LogP contribution is -2.18. The van der Waals surface area contributed by atoms with E-state index in [0.717, 1.165) is 12.8 Å². The number of aromatic nitrogens is 4. The number of aromatic amines is 1. The summed E-state index contributed by atoms with van der Waals surface area (Å²) in [4.78, 5) is 15.8. The number of fused-ring (bicyclic) bond motifs is 1. The van der Waals surface area contributed by atoms with Crippen LogP contribution in [0.4, 0.5) is 5.82 Å². The first-order valence-electron chi connectivity index (χ1n) is 7.28. The number of rotatable bonds is 7. The standard InChI is InChI=1S/C14H23N5O.ClH/c1-3-4-5-6-7-10(9(2)20)13-18-12(15)11-14(19-13)17-8-16-11;/h8-10,20H,3-7H2,1-2H3,(H3,15,16,17,18,19);1H. The van der Waals surface area contributed by atoms with E-state index in [4.69, 9.17) is 5.73 Å². The molecule has 6 nitrogen and oxygen atoms in total. The van der Waals surface area contributed by atoms with Gasteiger partial charge in [-0.2, -0.15) is 0 Å². The summed E-state index contributed by atoms with van der Waals surface area (Å²) in [6.45, 7) is 3.96. The second-order valence-electron chi connectivity index (χ2n) is 5.26. The van der Waals surface area contributed by atoms with Crippen molar-refractivity contribution in [2.45, 2.75) is 58.0 Å². The van der Waals surface area contributed by atoms with Gasteiger partial charge in [0, 0.05) is 5.92 Å². The molecule has 2 atom stereocenters. The van der Waals surface area contributed by atoms with Crippen molar-refractivity contribution >= 4 is 29.4 Å². The second kappa shape index (κ2) is 8.14. The molecule has 7 heteroatoms. The molecule has 0 amide bonds. The van der Waals surface area contributed by atoms with Gasteiger partial charge in [-0.05, 0) is 13.3 Å². The maximum Gasteiger partial charge on any atom is 0.183 e. The first-order valence-corrected chi connectivity index (χ1v) is 7.28. The van der Waals surface area contributed by atoms with Gasteiger partial charge in [-0.25, -0.2) is 15.0 Å². The molecule has 21 heavy (non-hydrogen) atoms. The van der Waals surface area contributed by atoms with E-state index in [1.807, 2.05) is 0 Å². The highest BCUT2D eigenvalue weighted by Crippen LogP contribution is 2.26. The molecule has 0 aliphatic carbocycles. The number of aliphatic hydroxyl groups excluding tert-OH is 1. The summed E-state index contributed by atoms with van der Waals surface area (Å²) in [5.74, 6) is 0.894. The third-order valence-electron chi connectivity index (χ3n) is 3.61. The van der Waals surface area contributed by atoms with Gasteiger partial charge in [-0.3, -0.25) is 0 Å².